The molecule has 4 rings (SSSR count). The Morgan fingerprint density at radius 2 is 2.16 bits per heavy atom. The number of allylic oxidation sites excluding steroid dienone is 1. The first-order valence-corrected chi connectivity index (χ1v) is 10.9. The van der Waals surface area contributed by atoms with E-state index < -0.39 is 0 Å². The lowest BCUT2D eigenvalue weighted by Crippen LogP contribution is -2.35. The normalized spacial score (nSPS) is 19.1. The molecule has 1 unspecified atom stereocenters. The van der Waals surface area contributed by atoms with E-state index in [2.05, 4.69) is 43.6 Å². The summed E-state index contributed by atoms with van der Waals surface area (Å²) in [6.07, 6.45) is 9.07. The molecular weight excluding hydrogens is 392 g/mol. The van der Waals surface area contributed by atoms with E-state index in [9.17, 15) is 5.11 Å². The molecule has 0 bridgehead atoms. The summed E-state index contributed by atoms with van der Waals surface area (Å²) in [5.41, 5.74) is 4.41. The van der Waals surface area contributed by atoms with Gasteiger partial charge in [-0.15, -0.1) is 10.2 Å². The van der Waals surface area contributed by atoms with Crippen molar-refractivity contribution < 1.29 is 10.2 Å². The highest BCUT2D eigenvalue weighted by molar-refractivity contribution is 6.12. The number of aromatic nitrogens is 2. The number of hydrogen-bond donors (Lipinski definition) is 4. The van der Waals surface area contributed by atoms with Gasteiger partial charge in [0.05, 0.1) is 11.9 Å². The van der Waals surface area contributed by atoms with Gasteiger partial charge in [-0.25, -0.2) is 0 Å². The fourth-order valence-corrected chi connectivity index (χ4v) is 4.04. The zero-order chi connectivity index (χ0) is 21.6. The van der Waals surface area contributed by atoms with Crippen molar-refractivity contribution >= 4 is 11.5 Å². The number of phenols is 1. The molecular formula is C23H30N6O2. The van der Waals surface area contributed by atoms with Gasteiger partial charge in [0.2, 0.25) is 0 Å². The van der Waals surface area contributed by atoms with Crippen LogP contribution in [0.5, 0.6) is 5.75 Å². The van der Waals surface area contributed by atoms with Crippen molar-refractivity contribution in [2.75, 3.05) is 26.2 Å². The maximum atomic E-state index is 10.7. The SMILES string of the molecule is CCC1=CC(c2ccc(-c3cn[nH]c3)cc2O)=NN=C(N2CCC(NCCCO)C2)C1. The minimum absolute atomic E-state index is 0.178. The predicted molar refractivity (Wildman–Crippen MR) is 122 cm³/mol. The number of hydrogen-bond acceptors (Lipinski definition) is 7. The lowest BCUT2D eigenvalue weighted by molar-refractivity contribution is 0.283. The van der Waals surface area contributed by atoms with Gasteiger partial charge in [0.25, 0.3) is 0 Å². The third-order valence-electron chi connectivity index (χ3n) is 5.88. The Labute approximate surface area is 182 Å². The van der Waals surface area contributed by atoms with E-state index in [4.69, 9.17) is 5.11 Å². The summed E-state index contributed by atoms with van der Waals surface area (Å²) in [4.78, 5) is 2.30. The van der Waals surface area contributed by atoms with Crippen LogP contribution in [-0.2, 0) is 0 Å². The molecule has 1 aromatic heterocycles. The number of aromatic hydroxyl groups is 1. The van der Waals surface area contributed by atoms with Crippen LogP contribution in [0.4, 0.5) is 0 Å². The summed E-state index contributed by atoms with van der Waals surface area (Å²) in [7, 11) is 0. The van der Waals surface area contributed by atoms with Crippen molar-refractivity contribution in [3.8, 4) is 16.9 Å². The molecule has 0 spiro atoms. The van der Waals surface area contributed by atoms with Crippen LogP contribution in [0.2, 0.25) is 0 Å². The fourth-order valence-electron chi connectivity index (χ4n) is 4.04. The van der Waals surface area contributed by atoms with Crippen molar-refractivity contribution in [2.24, 2.45) is 10.2 Å². The molecule has 1 atom stereocenters. The van der Waals surface area contributed by atoms with Gasteiger partial charge in [0.1, 0.15) is 11.6 Å². The highest BCUT2D eigenvalue weighted by Crippen LogP contribution is 2.28. The molecule has 164 valence electrons. The van der Waals surface area contributed by atoms with Crippen molar-refractivity contribution in [3.63, 3.8) is 0 Å². The molecule has 31 heavy (non-hydrogen) atoms. The Bertz CT molecular complexity index is 980. The zero-order valence-electron chi connectivity index (χ0n) is 17.9. The summed E-state index contributed by atoms with van der Waals surface area (Å²) < 4.78 is 0. The van der Waals surface area contributed by atoms with Gasteiger partial charge in [0.15, 0.2) is 0 Å². The lowest BCUT2D eigenvalue weighted by atomic mass is 10.00. The minimum atomic E-state index is 0.178. The maximum Gasteiger partial charge on any atom is 0.131 e. The Hall–Kier alpha value is -2.97. The smallest absolute Gasteiger partial charge is 0.131 e. The van der Waals surface area contributed by atoms with Gasteiger partial charge in [-0.05, 0) is 49.6 Å². The van der Waals surface area contributed by atoms with Gasteiger partial charge in [-0.2, -0.15) is 5.10 Å². The van der Waals surface area contributed by atoms with Crippen LogP contribution >= 0.6 is 0 Å². The van der Waals surface area contributed by atoms with E-state index in [-0.39, 0.29) is 12.4 Å². The van der Waals surface area contributed by atoms with Crippen LogP contribution < -0.4 is 5.32 Å². The van der Waals surface area contributed by atoms with E-state index >= 15 is 0 Å². The number of aliphatic hydroxyl groups is 1. The van der Waals surface area contributed by atoms with E-state index in [0.29, 0.717) is 17.3 Å². The summed E-state index contributed by atoms with van der Waals surface area (Å²) >= 11 is 0. The number of aromatic amines is 1. The maximum absolute atomic E-state index is 10.7. The Morgan fingerprint density at radius 1 is 1.26 bits per heavy atom. The van der Waals surface area contributed by atoms with Crippen molar-refractivity contribution in [3.05, 3.63) is 47.8 Å². The van der Waals surface area contributed by atoms with Crippen molar-refractivity contribution in [1.29, 1.82) is 0 Å². The van der Waals surface area contributed by atoms with Gasteiger partial charge in [-0.1, -0.05) is 18.6 Å². The molecule has 2 aromatic rings. The van der Waals surface area contributed by atoms with Crippen LogP contribution in [0, 0.1) is 0 Å². The van der Waals surface area contributed by atoms with E-state index in [1.165, 1.54) is 5.57 Å². The number of nitrogens with one attached hydrogen (secondary N) is 2. The molecule has 2 aliphatic rings. The Morgan fingerprint density at radius 3 is 2.90 bits per heavy atom. The van der Waals surface area contributed by atoms with E-state index in [1.807, 2.05) is 12.1 Å². The number of likely N-dealkylation sites (tertiary alicyclic amines) is 1. The van der Waals surface area contributed by atoms with Gasteiger partial charge in [0, 0.05) is 49.5 Å². The van der Waals surface area contributed by atoms with Gasteiger partial charge < -0.3 is 20.4 Å². The molecule has 0 saturated carbocycles. The second kappa shape index (κ2) is 9.89. The summed E-state index contributed by atoms with van der Waals surface area (Å²) in [5, 5.41) is 39.0. The molecule has 0 radical (unpaired) electrons. The third-order valence-corrected chi connectivity index (χ3v) is 5.88. The first-order chi connectivity index (χ1) is 15.2. The summed E-state index contributed by atoms with van der Waals surface area (Å²) in [5.74, 6) is 1.15. The number of amidine groups is 1. The average molecular weight is 423 g/mol. The van der Waals surface area contributed by atoms with Gasteiger partial charge in [-0.3, -0.25) is 5.10 Å². The molecule has 1 fully saturated rings. The van der Waals surface area contributed by atoms with Crippen LogP contribution in [0.15, 0.2) is 52.4 Å². The molecule has 8 nitrogen and oxygen atoms in total. The molecule has 4 N–H and O–H groups in total. The zero-order valence-corrected chi connectivity index (χ0v) is 17.9. The van der Waals surface area contributed by atoms with Crippen LogP contribution in [0.25, 0.3) is 11.1 Å². The summed E-state index contributed by atoms with van der Waals surface area (Å²) in [6.45, 7) is 5.03. The topological polar surface area (TPSA) is 109 Å². The second-order valence-corrected chi connectivity index (χ2v) is 8.02. The largest absolute Gasteiger partial charge is 0.507 e. The number of nitrogens with zero attached hydrogens (tertiary/aromatic N) is 4. The number of H-pyrrole nitrogens is 1. The van der Waals surface area contributed by atoms with Crippen LogP contribution in [0.1, 0.15) is 38.2 Å². The average Bonchev–Trinajstić information content (AvgIpc) is 3.43. The molecule has 2 aliphatic heterocycles. The van der Waals surface area contributed by atoms with Crippen molar-refractivity contribution in [2.45, 2.75) is 38.6 Å². The number of phenolic OH excluding ortho intramolecular Hbond substituents is 1. The number of aliphatic hydroxyl groups excluding tert-OH is 1. The Kier molecular flexibility index (Phi) is 6.79. The van der Waals surface area contributed by atoms with Gasteiger partial charge >= 0.3 is 0 Å². The second-order valence-electron chi connectivity index (χ2n) is 8.02. The molecule has 0 aliphatic carbocycles. The highest BCUT2D eigenvalue weighted by atomic mass is 16.3. The quantitative estimate of drug-likeness (QED) is 0.513. The highest BCUT2D eigenvalue weighted by Gasteiger charge is 2.26. The Balaban J connectivity index is 1.54. The van der Waals surface area contributed by atoms with Crippen molar-refractivity contribution in [1.82, 2.24) is 20.4 Å². The summed E-state index contributed by atoms with van der Waals surface area (Å²) in [6, 6.07) is 5.99. The fraction of sp³-hybridized carbons (Fsp3) is 0.435. The lowest BCUT2D eigenvalue weighted by Gasteiger charge is -2.20. The molecule has 1 saturated heterocycles. The first kappa shape index (κ1) is 21.3. The molecule has 3 heterocycles. The third kappa shape index (κ3) is 5.03. The molecule has 8 heteroatoms. The van der Waals surface area contributed by atoms with E-state index in [0.717, 1.165) is 62.3 Å². The van der Waals surface area contributed by atoms with Crippen LogP contribution in [-0.4, -0.2) is 69.1 Å². The predicted octanol–water partition coefficient (Wildman–Crippen LogP) is 2.67. The molecule has 0 amide bonds. The first-order valence-electron chi connectivity index (χ1n) is 10.9. The molecule has 1 aromatic carbocycles. The standard InChI is InChI=1S/C23H30N6O2/c1-2-16-10-21(20-5-4-17(12-22(20)31)18-13-25-26-14-18)27-28-23(11-16)29-8-6-19(15-29)24-7-3-9-30/h4-5,10,12-14,19,24,30-31H,2-3,6-9,11,15H2,1H3,(H,25,26). The minimum Gasteiger partial charge on any atom is -0.507 e. The number of rotatable bonds is 7. The number of benzene rings is 1. The monoisotopic (exact) mass is 422 g/mol. The van der Waals surface area contributed by atoms with E-state index in [1.54, 1.807) is 18.5 Å². The van der Waals surface area contributed by atoms with Crippen LogP contribution in [0.3, 0.4) is 0 Å².